The van der Waals surface area contributed by atoms with E-state index < -0.39 is 0 Å². The summed E-state index contributed by atoms with van der Waals surface area (Å²) >= 11 is 6.28. The Hall–Kier alpha value is -2.72. The van der Waals surface area contributed by atoms with E-state index in [9.17, 15) is 9.18 Å². The van der Waals surface area contributed by atoms with Gasteiger partial charge in [0.05, 0.1) is 11.7 Å². The number of rotatable bonds is 4. The summed E-state index contributed by atoms with van der Waals surface area (Å²) in [6.45, 7) is 0.678. The van der Waals surface area contributed by atoms with Crippen LogP contribution in [0, 0.1) is 5.82 Å². The molecule has 3 aromatic rings. The Morgan fingerprint density at radius 1 is 1.07 bits per heavy atom. The first kappa shape index (κ1) is 18.6. The van der Waals surface area contributed by atoms with Crippen molar-refractivity contribution in [3.63, 3.8) is 0 Å². The summed E-state index contributed by atoms with van der Waals surface area (Å²) in [5, 5.41) is 0.726. The Kier molecular flexibility index (Phi) is 5.40. The third-order valence-electron chi connectivity index (χ3n) is 5.10. The Morgan fingerprint density at radius 3 is 2.64 bits per heavy atom. The molecule has 4 rings (SSSR count). The molecule has 1 aliphatic heterocycles. The first-order valence-electron chi connectivity index (χ1n) is 9.37. The summed E-state index contributed by atoms with van der Waals surface area (Å²) in [4.78, 5) is 19.6. The fourth-order valence-electron chi connectivity index (χ4n) is 3.69. The zero-order valence-electron chi connectivity index (χ0n) is 15.3. The number of benzene rings is 2. The van der Waals surface area contributed by atoms with Gasteiger partial charge in [0.15, 0.2) is 0 Å². The fourth-order valence-corrected chi connectivity index (χ4v) is 3.90. The zero-order chi connectivity index (χ0) is 19.5. The molecular formula is C23H20ClFN2O. The van der Waals surface area contributed by atoms with Gasteiger partial charge >= 0.3 is 0 Å². The van der Waals surface area contributed by atoms with E-state index >= 15 is 0 Å². The number of pyridine rings is 1. The predicted octanol–water partition coefficient (Wildman–Crippen LogP) is 5.44. The van der Waals surface area contributed by atoms with Gasteiger partial charge in [-0.25, -0.2) is 4.39 Å². The van der Waals surface area contributed by atoms with Crippen LogP contribution in [-0.4, -0.2) is 22.3 Å². The number of likely N-dealkylation sites (tertiary alicyclic amines) is 1. The highest BCUT2D eigenvalue weighted by atomic mass is 35.5. The summed E-state index contributed by atoms with van der Waals surface area (Å²) in [6, 6.07) is 19.3. The van der Waals surface area contributed by atoms with E-state index in [2.05, 4.69) is 0 Å². The van der Waals surface area contributed by atoms with Crippen molar-refractivity contribution < 1.29 is 9.18 Å². The van der Waals surface area contributed by atoms with Gasteiger partial charge in [-0.15, -0.1) is 0 Å². The predicted molar refractivity (Wildman–Crippen MR) is 108 cm³/mol. The molecule has 1 aliphatic rings. The van der Waals surface area contributed by atoms with Crippen LogP contribution in [0.15, 0.2) is 66.7 Å². The molecule has 2 aromatic carbocycles. The molecule has 1 amide bonds. The maximum Gasteiger partial charge on any atom is 0.254 e. The summed E-state index contributed by atoms with van der Waals surface area (Å²) in [5.74, 6) is -0.427. The van der Waals surface area contributed by atoms with Gasteiger partial charge in [0.2, 0.25) is 0 Å². The lowest BCUT2D eigenvalue weighted by molar-refractivity contribution is 0.0732. The van der Waals surface area contributed by atoms with Crippen LogP contribution in [0.4, 0.5) is 4.39 Å². The van der Waals surface area contributed by atoms with Gasteiger partial charge in [-0.2, -0.15) is 0 Å². The number of aromatic nitrogens is 1. The van der Waals surface area contributed by atoms with Crippen molar-refractivity contribution in [1.29, 1.82) is 0 Å². The molecule has 5 heteroatoms. The number of halogens is 2. The Morgan fingerprint density at radius 2 is 1.86 bits per heavy atom. The molecule has 1 atom stereocenters. The lowest BCUT2D eigenvalue weighted by Crippen LogP contribution is -2.31. The summed E-state index contributed by atoms with van der Waals surface area (Å²) < 4.78 is 13.2. The smallest absolute Gasteiger partial charge is 0.254 e. The van der Waals surface area contributed by atoms with Gasteiger partial charge in [-0.1, -0.05) is 35.9 Å². The van der Waals surface area contributed by atoms with Crippen molar-refractivity contribution in [1.82, 2.24) is 9.88 Å². The number of hydrogen-bond donors (Lipinski definition) is 0. The second-order valence-electron chi connectivity index (χ2n) is 6.99. The van der Waals surface area contributed by atoms with Gasteiger partial charge < -0.3 is 4.90 Å². The van der Waals surface area contributed by atoms with Gasteiger partial charge in [-0.05, 0) is 60.9 Å². The van der Waals surface area contributed by atoms with Gasteiger partial charge in [0, 0.05) is 29.2 Å². The molecule has 1 fully saturated rings. The molecule has 0 spiro atoms. The third-order valence-corrected chi connectivity index (χ3v) is 5.47. The first-order valence-corrected chi connectivity index (χ1v) is 9.75. The van der Waals surface area contributed by atoms with Crippen molar-refractivity contribution in [2.75, 3.05) is 6.54 Å². The van der Waals surface area contributed by atoms with E-state index in [0.717, 1.165) is 34.8 Å². The van der Waals surface area contributed by atoms with Crippen LogP contribution in [0.5, 0.6) is 0 Å². The normalized spacial score (nSPS) is 16.4. The van der Waals surface area contributed by atoms with E-state index in [1.165, 1.54) is 24.3 Å². The third kappa shape index (κ3) is 3.92. The fraction of sp³-hybridized carbons (Fsp3) is 0.217. The molecule has 0 unspecified atom stereocenters. The molecule has 0 saturated carbocycles. The average molecular weight is 395 g/mol. The van der Waals surface area contributed by atoms with E-state index in [4.69, 9.17) is 16.6 Å². The molecule has 2 heterocycles. The minimum atomic E-state index is -0.344. The summed E-state index contributed by atoms with van der Waals surface area (Å²) in [6.07, 6.45) is 2.44. The topological polar surface area (TPSA) is 33.2 Å². The number of amides is 1. The van der Waals surface area contributed by atoms with Crippen LogP contribution in [0.3, 0.4) is 0 Å². The van der Waals surface area contributed by atoms with E-state index in [1.54, 1.807) is 0 Å². The average Bonchev–Trinajstić information content (AvgIpc) is 3.20. The minimum Gasteiger partial charge on any atom is -0.330 e. The van der Waals surface area contributed by atoms with Crippen molar-refractivity contribution >= 4 is 17.5 Å². The molecule has 0 aliphatic carbocycles. The maximum atomic E-state index is 13.2. The van der Waals surface area contributed by atoms with Crippen molar-refractivity contribution in [2.45, 2.75) is 25.3 Å². The van der Waals surface area contributed by atoms with Gasteiger partial charge in [0.25, 0.3) is 5.91 Å². The number of hydrogen-bond acceptors (Lipinski definition) is 2. The number of nitrogens with zero attached hydrogens (tertiary/aromatic N) is 2. The van der Waals surface area contributed by atoms with Crippen LogP contribution >= 0.6 is 11.6 Å². The highest BCUT2D eigenvalue weighted by Crippen LogP contribution is 2.32. The molecule has 1 saturated heterocycles. The van der Waals surface area contributed by atoms with Crippen LogP contribution in [0.25, 0.3) is 0 Å². The molecule has 0 bridgehead atoms. The van der Waals surface area contributed by atoms with Crippen molar-refractivity contribution in [2.24, 2.45) is 0 Å². The van der Waals surface area contributed by atoms with E-state index in [-0.39, 0.29) is 17.8 Å². The quantitative estimate of drug-likeness (QED) is 0.590. The molecule has 0 N–H and O–H groups in total. The Labute approximate surface area is 168 Å². The minimum absolute atomic E-state index is 0.0660. The maximum absolute atomic E-state index is 13.2. The van der Waals surface area contributed by atoms with Crippen LogP contribution in [-0.2, 0) is 6.42 Å². The monoisotopic (exact) mass is 394 g/mol. The highest BCUT2D eigenvalue weighted by Gasteiger charge is 2.31. The van der Waals surface area contributed by atoms with Crippen LogP contribution in [0.2, 0.25) is 5.02 Å². The molecular weight excluding hydrogens is 375 g/mol. The lowest BCUT2D eigenvalue weighted by Gasteiger charge is -2.25. The van der Waals surface area contributed by atoms with E-state index in [1.807, 2.05) is 47.4 Å². The molecule has 28 heavy (non-hydrogen) atoms. The Bertz CT molecular complexity index is 990. The van der Waals surface area contributed by atoms with Gasteiger partial charge in [0.1, 0.15) is 5.82 Å². The second kappa shape index (κ2) is 8.11. The number of carbonyl (C=O) groups is 1. The standard InChI is InChI=1S/C23H20ClFN2O/c24-20-7-2-1-5-17(20)15-19-6-3-8-21(26-19)22-9-4-14-27(22)23(28)16-10-12-18(25)13-11-16/h1-3,5-8,10-13,22H,4,9,14-15H2/t22-/m0/s1. The molecule has 0 radical (unpaired) electrons. The number of carbonyl (C=O) groups excluding carboxylic acids is 1. The van der Waals surface area contributed by atoms with Crippen LogP contribution in [0.1, 0.15) is 46.2 Å². The molecule has 142 valence electrons. The van der Waals surface area contributed by atoms with E-state index in [0.29, 0.717) is 18.5 Å². The largest absolute Gasteiger partial charge is 0.330 e. The zero-order valence-corrected chi connectivity index (χ0v) is 16.1. The molecule has 1 aromatic heterocycles. The summed E-state index contributed by atoms with van der Waals surface area (Å²) in [5.41, 5.74) is 3.34. The first-order chi connectivity index (χ1) is 13.6. The molecule has 3 nitrogen and oxygen atoms in total. The lowest BCUT2D eigenvalue weighted by atomic mass is 10.1. The summed E-state index contributed by atoms with van der Waals surface area (Å²) in [7, 11) is 0. The SMILES string of the molecule is O=C(c1ccc(F)cc1)N1CCC[C@H]1c1cccc(Cc2ccccc2Cl)n1. The second-order valence-corrected chi connectivity index (χ2v) is 7.39. The van der Waals surface area contributed by atoms with Gasteiger partial charge in [-0.3, -0.25) is 9.78 Å². The Balaban J connectivity index is 1.57. The van der Waals surface area contributed by atoms with Crippen molar-refractivity contribution in [3.05, 3.63) is 100 Å². The van der Waals surface area contributed by atoms with Crippen molar-refractivity contribution in [3.8, 4) is 0 Å². The highest BCUT2D eigenvalue weighted by molar-refractivity contribution is 6.31. The van der Waals surface area contributed by atoms with Crippen LogP contribution < -0.4 is 0 Å².